The maximum atomic E-state index is 11.2. The highest BCUT2D eigenvalue weighted by Crippen LogP contribution is 2.11. The Morgan fingerprint density at radius 3 is 2.28 bits per heavy atom. The molecule has 1 amide bonds. The molecule has 1 aromatic rings. The molecule has 0 aliphatic rings. The Hall–Kier alpha value is -2.12. The second-order valence-corrected chi connectivity index (χ2v) is 3.26. The number of ether oxygens (including phenoxy) is 2. The molecule has 0 radical (unpaired) electrons. The lowest BCUT2D eigenvalue weighted by atomic mass is 10.4. The molecule has 0 aliphatic heterocycles. The lowest BCUT2D eigenvalue weighted by Gasteiger charge is -2.07. The van der Waals surface area contributed by atoms with Crippen LogP contribution in [-0.2, 0) is 4.79 Å². The summed E-state index contributed by atoms with van der Waals surface area (Å²) in [6, 6.07) is 0.310. The summed E-state index contributed by atoms with van der Waals surface area (Å²) in [5.74, 6) is 0.279. The molecule has 0 aliphatic carbocycles. The van der Waals surface area contributed by atoms with Crippen LogP contribution in [0.2, 0.25) is 0 Å². The van der Waals surface area contributed by atoms with Crippen LogP contribution in [-0.4, -0.2) is 48.2 Å². The first kappa shape index (κ1) is 13.9. The van der Waals surface area contributed by atoms with Crippen LogP contribution in [0.5, 0.6) is 12.0 Å². The zero-order valence-corrected chi connectivity index (χ0v) is 10.7. The third kappa shape index (κ3) is 4.40. The van der Waals surface area contributed by atoms with Crippen LogP contribution < -0.4 is 20.1 Å². The minimum Gasteiger partial charge on any atom is -0.467 e. The molecule has 0 saturated carbocycles. The minimum atomic E-state index is -0.0296. The maximum absolute atomic E-state index is 11.2. The summed E-state index contributed by atoms with van der Waals surface area (Å²) >= 11 is 0. The van der Waals surface area contributed by atoms with E-state index in [-0.39, 0.29) is 17.9 Å². The Balaban J connectivity index is 2.53. The molecule has 0 fully saturated rings. The Labute approximate surface area is 105 Å². The third-order valence-electron chi connectivity index (χ3n) is 1.97. The van der Waals surface area contributed by atoms with E-state index < -0.39 is 0 Å². The smallest absolute Gasteiger partial charge is 0.324 e. The SMILES string of the molecule is CCNC(=O)CCNc1nc(OC)nc(OC)n1. The first-order chi connectivity index (χ1) is 8.69. The van der Waals surface area contributed by atoms with Crippen molar-refractivity contribution in [1.82, 2.24) is 20.3 Å². The molecule has 0 spiro atoms. The summed E-state index contributed by atoms with van der Waals surface area (Å²) in [5, 5.41) is 5.60. The van der Waals surface area contributed by atoms with Crippen LogP contribution in [0.4, 0.5) is 5.95 Å². The Morgan fingerprint density at radius 2 is 1.78 bits per heavy atom. The lowest BCUT2D eigenvalue weighted by molar-refractivity contribution is -0.120. The average molecular weight is 255 g/mol. The number of carbonyl (C=O) groups is 1. The maximum Gasteiger partial charge on any atom is 0.324 e. The predicted molar refractivity (Wildman–Crippen MR) is 64.7 cm³/mol. The molecule has 1 rings (SSSR count). The van der Waals surface area contributed by atoms with Crippen LogP contribution in [0.3, 0.4) is 0 Å². The number of carbonyl (C=O) groups excluding carboxylic acids is 1. The van der Waals surface area contributed by atoms with Gasteiger partial charge in [-0.1, -0.05) is 0 Å². The van der Waals surface area contributed by atoms with Gasteiger partial charge in [0.15, 0.2) is 0 Å². The van der Waals surface area contributed by atoms with E-state index in [0.717, 1.165) is 0 Å². The quantitative estimate of drug-likeness (QED) is 0.697. The van der Waals surface area contributed by atoms with Gasteiger partial charge in [0.1, 0.15) is 0 Å². The van der Waals surface area contributed by atoms with Gasteiger partial charge in [0, 0.05) is 19.5 Å². The molecule has 0 atom stereocenters. The fourth-order valence-electron chi connectivity index (χ4n) is 1.17. The van der Waals surface area contributed by atoms with Gasteiger partial charge in [-0.15, -0.1) is 4.98 Å². The number of hydrogen-bond acceptors (Lipinski definition) is 7. The molecule has 1 heterocycles. The highest BCUT2D eigenvalue weighted by molar-refractivity contribution is 5.76. The number of aromatic nitrogens is 3. The zero-order valence-electron chi connectivity index (χ0n) is 10.7. The molecular weight excluding hydrogens is 238 g/mol. The van der Waals surface area contributed by atoms with Crippen LogP contribution >= 0.6 is 0 Å². The number of nitrogens with zero attached hydrogens (tertiary/aromatic N) is 3. The van der Waals surface area contributed by atoms with Crippen molar-refractivity contribution in [3.8, 4) is 12.0 Å². The second kappa shape index (κ2) is 7.25. The summed E-state index contributed by atoms with van der Waals surface area (Å²) < 4.78 is 9.80. The molecule has 18 heavy (non-hydrogen) atoms. The summed E-state index contributed by atoms with van der Waals surface area (Å²) in [6.07, 6.45) is 0.337. The van der Waals surface area contributed by atoms with Crippen molar-refractivity contribution in [3.05, 3.63) is 0 Å². The van der Waals surface area contributed by atoms with Gasteiger partial charge in [-0.3, -0.25) is 4.79 Å². The topological polar surface area (TPSA) is 98.3 Å². The molecule has 8 nitrogen and oxygen atoms in total. The first-order valence-corrected chi connectivity index (χ1v) is 5.54. The Bertz CT molecular complexity index is 377. The van der Waals surface area contributed by atoms with Gasteiger partial charge < -0.3 is 20.1 Å². The third-order valence-corrected chi connectivity index (χ3v) is 1.97. The van der Waals surface area contributed by atoms with Crippen LogP contribution in [0.25, 0.3) is 0 Å². The van der Waals surface area contributed by atoms with Crippen molar-refractivity contribution >= 4 is 11.9 Å². The van der Waals surface area contributed by atoms with Crippen LogP contribution in [0.1, 0.15) is 13.3 Å². The summed E-state index contributed by atoms with van der Waals surface area (Å²) in [6.45, 7) is 2.90. The van der Waals surface area contributed by atoms with E-state index in [1.807, 2.05) is 6.92 Å². The fraction of sp³-hybridized carbons (Fsp3) is 0.600. The Morgan fingerprint density at radius 1 is 1.17 bits per heavy atom. The summed E-state index contributed by atoms with van der Waals surface area (Å²) in [5.41, 5.74) is 0. The molecule has 1 aromatic heterocycles. The van der Waals surface area contributed by atoms with Gasteiger partial charge in [0.05, 0.1) is 14.2 Å². The van der Waals surface area contributed by atoms with Crippen molar-refractivity contribution < 1.29 is 14.3 Å². The fourth-order valence-corrected chi connectivity index (χ4v) is 1.17. The number of rotatable bonds is 7. The van der Waals surface area contributed by atoms with E-state index in [1.165, 1.54) is 14.2 Å². The highest BCUT2D eigenvalue weighted by Gasteiger charge is 2.07. The predicted octanol–water partition coefficient (Wildman–Crippen LogP) is -0.173. The van der Waals surface area contributed by atoms with E-state index in [2.05, 4.69) is 25.6 Å². The first-order valence-electron chi connectivity index (χ1n) is 5.54. The minimum absolute atomic E-state index is 0.0296. The van der Waals surface area contributed by atoms with Gasteiger partial charge in [-0.2, -0.15) is 9.97 Å². The molecule has 0 unspecified atom stereocenters. The van der Waals surface area contributed by atoms with E-state index in [4.69, 9.17) is 9.47 Å². The van der Waals surface area contributed by atoms with Gasteiger partial charge in [-0.05, 0) is 6.92 Å². The summed E-state index contributed by atoms with van der Waals surface area (Å²) in [4.78, 5) is 23.0. The largest absolute Gasteiger partial charge is 0.467 e. The van der Waals surface area contributed by atoms with Gasteiger partial charge in [0.25, 0.3) is 0 Å². The van der Waals surface area contributed by atoms with Crippen molar-refractivity contribution in [2.75, 3.05) is 32.6 Å². The zero-order chi connectivity index (χ0) is 13.4. The van der Waals surface area contributed by atoms with Crippen molar-refractivity contribution in [1.29, 1.82) is 0 Å². The monoisotopic (exact) mass is 255 g/mol. The number of amides is 1. The van der Waals surface area contributed by atoms with E-state index in [0.29, 0.717) is 25.5 Å². The van der Waals surface area contributed by atoms with E-state index in [9.17, 15) is 4.79 Å². The average Bonchev–Trinajstić information content (AvgIpc) is 2.38. The molecule has 100 valence electrons. The van der Waals surface area contributed by atoms with Crippen molar-refractivity contribution in [2.24, 2.45) is 0 Å². The molecular formula is C10H17N5O3. The molecule has 0 bridgehead atoms. The molecule has 2 N–H and O–H groups in total. The Kier molecular flexibility index (Phi) is 5.62. The van der Waals surface area contributed by atoms with Crippen LogP contribution in [0.15, 0.2) is 0 Å². The van der Waals surface area contributed by atoms with E-state index >= 15 is 0 Å². The standard InChI is InChI=1S/C10H17N5O3/c1-4-11-7(16)5-6-12-8-13-9(17-2)15-10(14-8)18-3/h4-6H2,1-3H3,(H,11,16)(H,12,13,14,15). The molecule has 0 saturated heterocycles. The van der Waals surface area contributed by atoms with Crippen LogP contribution in [0, 0.1) is 0 Å². The van der Waals surface area contributed by atoms with Gasteiger partial charge in [-0.25, -0.2) is 0 Å². The highest BCUT2D eigenvalue weighted by atomic mass is 16.5. The number of nitrogens with one attached hydrogen (secondary N) is 2. The second-order valence-electron chi connectivity index (χ2n) is 3.26. The number of anilines is 1. The lowest BCUT2D eigenvalue weighted by Crippen LogP contribution is -2.25. The normalized spacial score (nSPS) is 9.72. The number of methoxy groups -OCH3 is 2. The molecule has 8 heteroatoms. The summed E-state index contributed by atoms with van der Waals surface area (Å²) in [7, 11) is 2.90. The van der Waals surface area contributed by atoms with Gasteiger partial charge >= 0.3 is 12.0 Å². The van der Waals surface area contributed by atoms with E-state index in [1.54, 1.807) is 0 Å². The van der Waals surface area contributed by atoms with Crippen molar-refractivity contribution in [3.63, 3.8) is 0 Å². The van der Waals surface area contributed by atoms with Crippen molar-refractivity contribution in [2.45, 2.75) is 13.3 Å². The number of hydrogen-bond donors (Lipinski definition) is 2. The molecule has 0 aromatic carbocycles. The van der Waals surface area contributed by atoms with Gasteiger partial charge in [0.2, 0.25) is 11.9 Å².